The van der Waals surface area contributed by atoms with Crippen molar-refractivity contribution in [1.29, 1.82) is 0 Å². The second-order valence-electron chi connectivity index (χ2n) is 3.98. The Bertz CT molecular complexity index is 634. The molecule has 6 heteroatoms. The van der Waals surface area contributed by atoms with Gasteiger partial charge in [-0.3, -0.25) is 4.79 Å². The SMILES string of the molecule is N/N=C(\N=[NH2+])c1ccc(C(=O)Nc2ccccc2)cc1. The highest BCUT2D eigenvalue weighted by Crippen LogP contribution is 2.10. The van der Waals surface area contributed by atoms with Crippen molar-refractivity contribution in [2.24, 2.45) is 16.1 Å². The van der Waals surface area contributed by atoms with E-state index in [1.54, 1.807) is 24.3 Å². The zero-order valence-electron chi connectivity index (χ0n) is 10.7. The molecule has 0 unspecified atom stereocenters. The van der Waals surface area contributed by atoms with Crippen LogP contribution in [0.4, 0.5) is 5.69 Å². The number of nitrogens with two attached hydrogens (primary N) is 2. The van der Waals surface area contributed by atoms with Gasteiger partial charge in [0.05, 0.1) is 0 Å². The van der Waals surface area contributed by atoms with Gasteiger partial charge in [-0.15, -0.1) is 0 Å². The maximum absolute atomic E-state index is 12.0. The summed E-state index contributed by atoms with van der Waals surface area (Å²) < 4.78 is 0. The lowest BCUT2D eigenvalue weighted by atomic mass is 10.1. The number of amidine groups is 1. The Kier molecular flexibility index (Phi) is 4.18. The van der Waals surface area contributed by atoms with Crippen molar-refractivity contribution in [2.45, 2.75) is 0 Å². The third kappa shape index (κ3) is 3.05. The molecular formula is C14H14N5O+. The maximum atomic E-state index is 12.0. The Hall–Kier alpha value is -3.02. The summed E-state index contributed by atoms with van der Waals surface area (Å²) in [4.78, 5) is 12.0. The average Bonchev–Trinajstić information content (AvgIpc) is 2.50. The van der Waals surface area contributed by atoms with Crippen molar-refractivity contribution in [3.63, 3.8) is 0 Å². The Morgan fingerprint density at radius 3 is 2.15 bits per heavy atom. The molecule has 0 aromatic heterocycles. The van der Waals surface area contributed by atoms with E-state index in [0.29, 0.717) is 11.1 Å². The molecule has 0 atom stereocenters. The number of benzene rings is 2. The van der Waals surface area contributed by atoms with Crippen molar-refractivity contribution in [3.05, 3.63) is 65.7 Å². The van der Waals surface area contributed by atoms with Gasteiger partial charge in [-0.05, 0) is 24.3 Å². The zero-order valence-corrected chi connectivity index (χ0v) is 10.7. The molecule has 2 aromatic carbocycles. The van der Waals surface area contributed by atoms with Gasteiger partial charge < -0.3 is 11.2 Å². The Balaban J connectivity index is 2.14. The molecule has 1 amide bonds. The van der Waals surface area contributed by atoms with Crippen LogP contribution in [0.5, 0.6) is 0 Å². The molecule has 0 radical (unpaired) electrons. The van der Waals surface area contributed by atoms with Crippen LogP contribution < -0.4 is 16.7 Å². The number of carbonyl (C=O) groups is 1. The molecule has 0 aliphatic heterocycles. The first-order valence-electron chi connectivity index (χ1n) is 5.90. The number of carbonyl (C=O) groups excluding carboxylic acids is 1. The van der Waals surface area contributed by atoms with Crippen LogP contribution in [0, 0.1) is 0 Å². The third-order valence-electron chi connectivity index (χ3n) is 2.68. The second kappa shape index (κ2) is 6.24. The minimum absolute atomic E-state index is 0.196. The molecule has 100 valence electrons. The Morgan fingerprint density at radius 2 is 1.60 bits per heavy atom. The van der Waals surface area contributed by atoms with Crippen LogP contribution in [-0.4, -0.2) is 11.7 Å². The van der Waals surface area contributed by atoms with Gasteiger partial charge in [-0.2, -0.15) is 10.6 Å². The molecule has 0 aliphatic rings. The summed E-state index contributed by atoms with van der Waals surface area (Å²) in [6.45, 7) is 0. The smallest absolute Gasteiger partial charge is 0.255 e. The molecule has 0 bridgehead atoms. The maximum Gasteiger partial charge on any atom is 0.255 e. The van der Waals surface area contributed by atoms with E-state index in [1.807, 2.05) is 30.3 Å². The molecule has 0 saturated heterocycles. The average molecular weight is 268 g/mol. The molecule has 0 aliphatic carbocycles. The highest BCUT2D eigenvalue weighted by molar-refractivity contribution is 6.05. The summed E-state index contributed by atoms with van der Waals surface area (Å²) in [5.41, 5.74) is 7.05. The molecule has 6 nitrogen and oxygen atoms in total. The third-order valence-corrected chi connectivity index (χ3v) is 2.68. The first-order valence-corrected chi connectivity index (χ1v) is 5.90. The molecule has 0 fully saturated rings. The van der Waals surface area contributed by atoms with E-state index in [4.69, 9.17) is 11.4 Å². The summed E-state index contributed by atoms with van der Waals surface area (Å²) in [5.74, 6) is 5.18. The fourth-order valence-corrected chi connectivity index (χ4v) is 1.68. The van der Waals surface area contributed by atoms with Crippen molar-refractivity contribution >= 4 is 17.4 Å². The van der Waals surface area contributed by atoms with Gasteiger partial charge in [0.1, 0.15) is 0 Å². The Morgan fingerprint density at radius 1 is 1.00 bits per heavy atom. The normalized spacial score (nSPS) is 10.9. The van der Waals surface area contributed by atoms with E-state index in [0.717, 1.165) is 5.69 Å². The monoisotopic (exact) mass is 268 g/mol. The standard InChI is InChI=1S/C14H13N5O/c15-18-13(19-16)10-6-8-11(9-7-10)14(20)17-12-4-2-1-3-5-12/h1-9,15H,16H2,(H,17,20)/p+1/b18-15?,19-13-. The minimum atomic E-state index is -0.196. The Labute approximate surface area is 115 Å². The number of rotatable bonds is 3. The number of anilines is 1. The van der Waals surface area contributed by atoms with Gasteiger partial charge in [-0.1, -0.05) is 30.3 Å². The number of hydrazone groups is 1. The second-order valence-corrected chi connectivity index (χ2v) is 3.98. The quantitative estimate of drug-likeness (QED) is 0.251. The first-order chi connectivity index (χ1) is 9.74. The molecular weight excluding hydrogens is 254 g/mol. The van der Waals surface area contributed by atoms with E-state index < -0.39 is 0 Å². The number of nitrogens with zero attached hydrogens (tertiary/aromatic N) is 2. The van der Waals surface area contributed by atoms with E-state index in [-0.39, 0.29) is 11.7 Å². The van der Waals surface area contributed by atoms with E-state index in [1.165, 1.54) is 0 Å². The van der Waals surface area contributed by atoms with Gasteiger partial charge in [0, 0.05) is 21.9 Å². The number of hydrogen-bond donors (Lipinski definition) is 3. The van der Waals surface area contributed by atoms with Gasteiger partial charge in [0.25, 0.3) is 5.91 Å². The predicted molar refractivity (Wildman–Crippen MR) is 75.9 cm³/mol. The summed E-state index contributed by atoms with van der Waals surface area (Å²) in [6, 6.07) is 15.9. The van der Waals surface area contributed by atoms with E-state index in [9.17, 15) is 4.79 Å². The summed E-state index contributed by atoms with van der Waals surface area (Å²) in [5, 5.41) is 9.68. The molecule has 2 rings (SSSR count). The topological polar surface area (TPSA) is 105 Å². The van der Waals surface area contributed by atoms with E-state index >= 15 is 0 Å². The van der Waals surface area contributed by atoms with Crippen LogP contribution in [-0.2, 0) is 0 Å². The van der Waals surface area contributed by atoms with Gasteiger partial charge in [0.15, 0.2) is 0 Å². The van der Waals surface area contributed by atoms with Gasteiger partial charge >= 0.3 is 0 Å². The van der Waals surface area contributed by atoms with Crippen molar-refractivity contribution in [2.75, 3.05) is 5.32 Å². The van der Waals surface area contributed by atoms with Crippen LogP contribution in [0.15, 0.2) is 64.8 Å². The molecule has 0 saturated carbocycles. The molecule has 0 heterocycles. The predicted octanol–water partition coefficient (Wildman–Crippen LogP) is 0.771. The number of amides is 1. The lowest BCUT2D eigenvalue weighted by molar-refractivity contribution is -0.206. The van der Waals surface area contributed by atoms with E-state index in [2.05, 4.69) is 15.5 Å². The number of nitrogens with one attached hydrogen (secondary N) is 1. The first kappa shape index (κ1) is 13.4. The molecule has 2 aromatic rings. The van der Waals surface area contributed by atoms with Crippen molar-refractivity contribution < 1.29 is 10.3 Å². The van der Waals surface area contributed by atoms with Crippen molar-refractivity contribution in [1.82, 2.24) is 0 Å². The highest BCUT2D eigenvalue weighted by Gasteiger charge is 2.08. The summed E-state index contributed by atoms with van der Waals surface area (Å²) in [7, 11) is 0. The fraction of sp³-hybridized carbons (Fsp3) is 0. The van der Waals surface area contributed by atoms with Gasteiger partial charge in [0.2, 0.25) is 5.84 Å². The molecule has 0 spiro atoms. The van der Waals surface area contributed by atoms with Crippen LogP contribution in [0.25, 0.3) is 0 Å². The number of hydrogen-bond acceptors (Lipinski definition) is 3. The molecule has 5 N–H and O–H groups in total. The number of para-hydroxylation sites is 1. The molecule has 20 heavy (non-hydrogen) atoms. The van der Waals surface area contributed by atoms with Crippen LogP contribution in [0.3, 0.4) is 0 Å². The van der Waals surface area contributed by atoms with Gasteiger partial charge in [-0.25, -0.2) is 0 Å². The lowest BCUT2D eigenvalue weighted by Crippen LogP contribution is -2.27. The minimum Gasteiger partial charge on any atom is -0.322 e. The van der Waals surface area contributed by atoms with Crippen LogP contribution in [0.1, 0.15) is 15.9 Å². The lowest BCUT2D eigenvalue weighted by Gasteiger charge is -2.05. The van der Waals surface area contributed by atoms with Crippen molar-refractivity contribution in [3.8, 4) is 0 Å². The summed E-state index contributed by atoms with van der Waals surface area (Å²) in [6.07, 6.45) is 0. The highest BCUT2D eigenvalue weighted by atomic mass is 16.1. The summed E-state index contributed by atoms with van der Waals surface area (Å²) >= 11 is 0. The fourth-order valence-electron chi connectivity index (χ4n) is 1.68. The zero-order chi connectivity index (χ0) is 14.4. The van der Waals surface area contributed by atoms with Crippen LogP contribution >= 0.6 is 0 Å². The van der Waals surface area contributed by atoms with Crippen LogP contribution in [0.2, 0.25) is 0 Å². The largest absolute Gasteiger partial charge is 0.322 e.